The molecular formula is C51H51N3O21. The molecule has 0 saturated carbocycles. The second-order valence-corrected chi connectivity index (χ2v) is 15.5. The second-order valence-electron chi connectivity index (χ2n) is 15.5. The van der Waals surface area contributed by atoms with Crippen LogP contribution in [0.2, 0.25) is 0 Å². The minimum absolute atomic E-state index is 0.0762. The number of hydrogen-bond acceptors (Lipinski definition) is 21. The highest BCUT2D eigenvalue weighted by atomic mass is 16.6. The lowest BCUT2D eigenvalue weighted by atomic mass is 10.1. The summed E-state index contributed by atoms with van der Waals surface area (Å²) in [5.41, 5.74) is -4.61. The molecular weight excluding hydrogens is 991 g/mol. The van der Waals surface area contributed by atoms with Crippen LogP contribution >= 0.6 is 0 Å². The van der Waals surface area contributed by atoms with Gasteiger partial charge < -0.3 is 42.6 Å². The standard InChI is InChI=1S/C51H51N3O21/c1-31(2)40(55)70-24-27-73-44(59)35-13-11-12-34(30-35)43(58)67-21-18-52-49(64)53(19-22-68-45(60)36-14-7-9-16-38(36)47(62)74-28-25-71-41(56)32(3)4)51(66)54(50(52)65)20-23-69-46(61)37-15-8-10-17-39(37)48(63)75-29-26-72-42(57)33(5)6/h7-17,30H,1,3,5,18-29H2,2,4,6H3. The summed E-state index contributed by atoms with van der Waals surface area (Å²) in [5, 5.41) is 0. The number of nitrogens with zero attached hydrogens (tertiary/aromatic N) is 3. The van der Waals surface area contributed by atoms with Gasteiger partial charge in [-0.05, 0) is 63.2 Å². The number of carbonyl (C=O) groups excluding carboxylic acids is 9. The Kier molecular flexibility index (Phi) is 22.1. The van der Waals surface area contributed by atoms with E-state index >= 15 is 0 Å². The van der Waals surface area contributed by atoms with E-state index in [-0.39, 0.29) is 89.7 Å². The fraction of sp³-hybridized carbons (Fsp3) is 0.294. The van der Waals surface area contributed by atoms with Gasteiger partial charge in [-0.3, -0.25) is 0 Å². The van der Waals surface area contributed by atoms with Crippen LogP contribution in [0.1, 0.15) is 82.9 Å². The average Bonchev–Trinajstić information content (AvgIpc) is 3.39. The van der Waals surface area contributed by atoms with Crippen LogP contribution in [-0.2, 0) is 76.6 Å². The smallest absolute Gasteiger partial charge is 0.339 e. The summed E-state index contributed by atoms with van der Waals surface area (Å²) in [6, 6.07) is 15.8. The number of esters is 9. The summed E-state index contributed by atoms with van der Waals surface area (Å²) in [5.74, 6) is -8.11. The number of benzene rings is 3. The van der Waals surface area contributed by atoms with Gasteiger partial charge in [0, 0.05) is 16.7 Å². The summed E-state index contributed by atoms with van der Waals surface area (Å²) < 4.78 is 47.5. The Morgan fingerprint density at radius 2 is 0.587 bits per heavy atom. The van der Waals surface area contributed by atoms with E-state index in [1.807, 2.05) is 0 Å². The summed E-state index contributed by atoms with van der Waals surface area (Å²) in [4.78, 5) is 154. The van der Waals surface area contributed by atoms with Gasteiger partial charge >= 0.3 is 70.8 Å². The molecule has 0 aliphatic heterocycles. The molecule has 0 unspecified atom stereocenters. The number of rotatable bonds is 27. The molecule has 4 aromatic rings. The molecule has 0 radical (unpaired) electrons. The Balaban J connectivity index is 1.52. The molecule has 0 bridgehead atoms. The van der Waals surface area contributed by atoms with Crippen molar-refractivity contribution in [2.24, 2.45) is 0 Å². The van der Waals surface area contributed by atoms with Crippen LogP contribution in [-0.4, -0.2) is 127 Å². The lowest BCUT2D eigenvalue weighted by Gasteiger charge is -2.15. The summed E-state index contributed by atoms with van der Waals surface area (Å²) in [7, 11) is 0. The number of aromatic nitrogens is 3. The molecule has 0 saturated heterocycles. The van der Waals surface area contributed by atoms with Crippen LogP contribution in [0.15, 0.2) is 124 Å². The van der Waals surface area contributed by atoms with Crippen molar-refractivity contribution in [1.29, 1.82) is 0 Å². The lowest BCUT2D eigenvalue weighted by Crippen LogP contribution is -2.55. The second kappa shape index (κ2) is 28.5. The first-order valence-corrected chi connectivity index (χ1v) is 22.5. The van der Waals surface area contributed by atoms with Crippen molar-refractivity contribution in [2.45, 2.75) is 40.4 Å². The highest BCUT2D eigenvalue weighted by Gasteiger charge is 2.23. The average molecular weight is 1040 g/mol. The third kappa shape index (κ3) is 17.1. The van der Waals surface area contributed by atoms with Crippen molar-refractivity contribution >= 4 is 53.7 Å². The monoisotopic (exact) mass is 1040 g/mol. The summed E-state index contributed by atoms with van der Waals surface area (Å²) in [6.45, 7) is 8.61. The molecule has 0 fully saturated rings. The molecule has 24 nitrogen and oxygen atoms in total. The number of hydrogen-bond donors (Lipinski definition) is 0. The van der Waals surface area contributed by atoms with E-state index in [2.05, 4.69) is 19.7 Å². The van der Waals surface area contributed by atoms with Gasteiger partial charge in [0.15, 0.2) is 0 Å². The van der Waals surface area contributed by atoms with E-state index in [1.165, 1.54) is 87.5 Å². The maximum atomic E-state index is 13.8. The largest absolute Gasteiger partial charge is 0.460 e. The number of ether oxygens (including phenoxy) is 9. The SMILES string of the molecule is C=C(C)C(=O)OCCOC(=O)c1cccc(C(=O)OCCn2c(=O)n(CCOC(=O)c3ccccc3C(=O)OCCOC(=O)C(=C)C)c(=O)n(CCOC(=O)c3ccccc3C(=O)OCCOC(=O)C(=C)C)c2=O)c1. The van der Waals surface area contributed by atoms with Gasteiger partial charge in [0.05, 0.1) is 53.0 Å². The van der Waals surface area contributed by atoms with Crippen molar-refractivity contribution in [3.63, 3.8) is 0 Å². The van der Waals surface area contributed by atoms with E-state index in [0.29, 0.717) is 13.7 Å². The Morgan fingerprint density at radius 1 is 0.347 bits per heavy atom. The Bertz CT molecular complexity index is 2920. The molecule has 1 heterocycles. The molecule has 0 N–H and O–H groups in total. The van der Waals surface area contributed by atoms with Gasteiger partial charge in [-0.1, -0.05) is 50.1 Å². The van der Waals surface area contributed by atoms with E-state index in [1.54, 1.807) is 0 Å². The minimum Gasteiger partial charge on any atom is -0.460 e. The van der Waals surface area contributed by atoms with Crippen molar-refractivity contribution in [3.05, 3.63) is 174 Å². The first-order chi connectivity index (χ1) is 35.7. The molecule has 24 heteroatoms. The van der Waals surface area contributed by atoms with E-state index in [9.17, 15) is 57.5 Å². The van der Waals surface area contributed by atoms with Crippen molar-refractivity contribution in [3.8, 4) is 0 Å². The Morgan fingerprint density at radius 3 is 0.867 bits per heavy atom. The minimum atomic E-state index is -1.25. The number of carbonyl (C=O) groups is 9. The molecule has 75 heavy (non-hydrogen) atoms. The topological polar surface area (TPSA) is 303 Å². The highest BCUT2D eigenvalue weighted by molar-refractivity contribution is 6.04. The van der Waals surface area contributed by atoms with Crippen LogP contribution in [0, 0.1) is 0 Å². The van der Waals surface area contributed by atoms with Crippen LogP contribution in [0.5, 0.6) is 0 Å². The van der Waals surface area contributed by atoms with Crippen LogP contribution in [0.4, 0.5) is 0 Å². The van der Waals surface area contributed by atoms with Crippen LogP contribution in [0.25, 0.3) is 0 Å². The van der Waals surface area contributed by atoms with Gasteiger partial charge in [-0.25, -0.2) is 71.2 Å². The maximum Gasteiger partial charge on any atom is 0.339 e. The van der Waals surface area contributed by atoms with Crippen LogP contribution in [0.3, 0.4) is 0 Å². The summed E-state index contributed by atoms with van der Waals surface area (Å²) >= 11 is 0. The third-order valence-electron chi connectivity index (χ3n) is 9.79. The molecule has 0 amide bonds. The van der Waals surface area contributed by atoms with Crippen LogP contribution < -0.4 is 17.1 Å². The van der Waals surface area contributed by atoms with Crippen molar-refractivity contribution in [2.75, 3.05) is 59.5 Å². The van der Waals surface area contributed by atoms with Gasteiger partial charge in [-0.2, -0.15) is 0 Å². The van der Waals surface area contributed by atoms with E-state index < -0.39 is 110 Å². The molecule has 0 aliphatic carbocycles. The Hall–Kier alpha value is -9.48. The van der Waals surface area contributed by atoms with Gasteiger partial charge in [0.25, 0.3) is 0 Å². The molecule has 0 atom stereocenters. The van der Waals surface area contributed by atoms with Crippen molar-refractivity contribution in [1.82, 2.24) is 13.7 Å². The van der Waals surface area contributed by atoms with Gasteiger partial charge in [0.2, 0.25) is 0 Å². The molecule has 0 spiro atoms. The quantitative estimate of drug-likeness (QED) is 0.0359. The predicted octanol–water partition coefficient (Wildman–Crippen LogP) is 2.57. The van der Waals surface area contributed by atoms with Crippen molar-refractivity contribution < 1.29 is 85.8 Å². The normalized spacial score (nSPS) is 10.4. The maximum absolute atomic E-state index is 13.8. The highest BCUT2D eigenvalue weighted by Crippen LogP contribution is 2.14. The zero-order valence-corrected chi connectivity index (χ0v) is 40.9. The zero-order valence-electron chi connectivity index (χ0n) is 40.9. The fourth-order valence-corrected chi connectivity index (χ4v) is 6.05. The molecule has 0 aliphatic rings. The third-order valence-corrected chi connectivity index (χ3v) is 9.79. The zero-order chi connectivity index (χ0) is 55.2. The molecule has 396 valence electrons. The molecule has 3 aromatic carbocycles. The Labute approximate surface area is 426 Å². The first kappa shape index (κ1) is 58.1. The van der Waals surface area contributed by atoms with E-state index in [0.717, 1.165) is 6.07 Å². The first-order valence-electron chi connectivity index (χ1n) is 22.5. The molecule has 1 aromatic heterocycles. The summed E-state index contributed by atoms with van der Waals surface area (Å²) in [6.07, 6.45) is 0. The van der Waals surface area contributed by atoms with Gasteiger partial charge in [-0.15, -0.1) is 0 Å². The lowest BCUT2D eigenvalue weighted by molar-refractivity contribution is -0.140. The van der Waals surface area contributed by atoms with E-state index in [4.69, 9.17) is 42.6 Å². The predicted molar refractivity (Wildman–Crippen MR) is 258 cm³/mol. The van der Waals surface area contributed by atoms with Gasteiger partial charge in [0.1, 0.15) is 59.5 Å². The fourth-order valence-electron chi connectivity index (χ4n) is 6.05. The molecule has 4 rings (SSSR count).